The highest BCUT2D eigenvalue weighted by atomic mass is 31.2. The Bertz CT molecular complexity index is 1490. The maximum Gasteiger partial charge on any atom is 0.472 e. The van der Waals surface area contributed by atoms with Gasteiger partial charge in [0.05, 0.1) is 33.8 Å². The van der Waals surface area contributed by atoms with Crippen LogP contribution in [0.25, 0.3) is 0 Å². The van der Waals surface area contributed by atoms with Crippen molar-refractivity contribution in [2.24, 2.45) is 0 Å². The van der Waals surface area contributed by atoms with Gasteiger partial charge in [-0.15, -0.1) is 0 Å². The number of nitrogens with one attached hydrogen (secondary N) is 1. The summed E-state index contributed by atoms with van der Waals surface area (Å²) in [6.45, 7) is 6.98. The summed E-state index contributed by atoms with van der Waals surface area (Å²) < 4.78 is 30.7. The van der Waals surface area contributed by atoms with Gasteiger partial charge in [-0.2, -0.15) is 0 Å². The largest absolute Gasteiger partial charge is 0.472 e. The first-order chi connectivity index (χ1) is 36.9. The van der Waals surface area contributed by atoms with Gasteiger partial charge in [-0.05, 0) is 96.0 Å². The van der Waals surface area contributed by atoms with Gasteiger partial charge in [0.15, 0.2) is 0 Å². The van der Waals surface area contributed by atoms with Crippen LogP contribution in [0.4, 0.5) is 0 Å². The number of allylic oxidation sites excluding steroid dienone is 9. The zero-order valence-corrected chi connectivity index (χ0v) is 51.6. The zero-order valence-electron chi connectivity index (χ0n) is 50.7. The Morgan fingerprint density at radius 2 is 0.803 bits per heavy atom. The van der Waals surface area contributed by atoms with Crippen molar-refractivity contribution in [3.8, 4) is 0 Å². The molecule has 76 heavy (non-hydrogen) atoms. The fourth-order valence-electron chi connectivity index (χ4n) is 9.18. The van der Waals surface area contributed by atoms with E-state index in [1.807, 2.05) is 33.3 Å². The van der Waals surface area contributed by atoms with Gasteiger partial charge in [0.1, 0.15) is 19.3 Å². The van der Waals surface area contributed by atoms with Gasteiger partial charge in [0.2, 0.25) is 5.91 Å². The lowest BCUT2D eigenvalue weighted by molar-refractivity contribution is -0.870. The maximum atomic E-state index is 13.6. The average Bonchev–Trinajstić information content (AvgIpc) is 3.38. The van der Waals surface area contributed by atoms with E-state index in [2.05, 4.69) is 74.7 Å². The lowest BCUT2D eigenvalue weighted by atomic mass is 10.0. The fraction of sp³-hybridized carbons (Fsp3) is 0.818. The summed E-state index contributed by atoms with van der Waals surface area (Å²) in [5.41, 5.74) is 0. The first-order valence-corrected chi connectivity index (χ1v) is 33.6. The predicted octanol–water partition coefficient (Wildman–Crippen LogP) is 19.8. The number of quaternary nitrogens is 1. The number of phosphoric acid groups is 1. The molecule has 0 aliphatic rings. The van der Waals surface area contributed by atoms with Crippen molar-refractivity contribution in [3.63, 3.8) is 0 Å². The van der Waals surface area contributed by atoms with Crippen LogP contribution in [0.5, 0.6) is 0 Å². The number of rotatable bonds is 58. The molecule has 0 aliphatic carbocycles. The Morgan fingerprint density at radius 1 is 0.461 bits per heavy atom. The minimum Gasteiger partial charge on any atom is -0.456 e. The quantitative estimate of drug-likeness (QED) is 0.0205. The third-order valence-electron chi connectivity index (χ3n) is 14.2. The average molecular weight is 1090 g/mol. The van der Waals surface area contributed by atoms with Crippen molar-refractivity contribution in [1.29, 1.82) is 0 Å². The number of ether oxygens (including phenoxy) is 1. The number of hydrogen-bond donors (Lipinski definition) is 2. The molecule has 0 heterocycles. The van der Waals surface area contributed by atoms with E-state index in [1.54, 1.807) is 0 Å². The Labute approximate surface area is 471 Å². The van der Waals surface area contributed by atoms with Crippen molar-refractivity contribution < 1.29 is 37.3 Å². The summed E-state index contributed by atoms with van der Waals surface area (Å²) >= 11 is 0. The summed E-state index contributed by atoms with van der Waals surface area (Å²) in [7, 11) is 1.49. The summed E-state index contributed by atoms with van der Waals surface area (Å²) in [6, 6.07) is -0.855. The van der Waals surface area contributed by atoms with Crippen molar-refractivity contribution in [2.75, 3.05) is 40.9 Å². The Balaban J connectivity index is 5.11. The molecule has 2 N–H and O–H groups in total. The number of hydrogen-bond acceptors (Lipinski definition) is 6. The number of unbranched alkanes of at least 4 members (excludes halogenated alkanes) is 34. The standard InChI is InChI=1S/C66H123N2O7P/c1-7-10-13-16-19-22-25-28-29-30-31-32-33-34-35-36-37-38-39-41-43-46-49-52-55-58-65(69)67-63(62-74-76(71,72)73-61-60-68(4,5)6)64(57-54-51-48-45-42-27-24-21-18-15-12-9-3)75-66(70)59-56-53-50-47-44-40-26-23-20-17-14-11-8-2/h19,22,28-29,31-32,40,44,54,57,63-64H,7-18,20-21,23-27,30,33-39,41-43,45-53,55-56,58-62H2,1-6H3,(H-,67,69,71,72)/p+1/b22-19-,29-28-,32-31-,44-40-,57-54-. The number of likely N-dealkylation sites (N-methyl/N-ethyl adjacent to an activating group) is 1. The van der Waals surface area contributed by atoms with E-state index in [4.69, 9.17) is 13.8 Å². The lowest BCUT2D eigenvalue weighted by Gasteiger charge is -2.27. The van der Waals surface area contributed by atoms with E-state index in [-0.39, 0.29) is 31.5 Å². The van der Waals surface area contributed by atoms with E-state index in [0.717, 1.165) is 77.0 Å². The molecule has 1 amide bonds. The summed E-state index contributed by atoms with van der Waals surface area (Å²) in [5, 5.41) is 3.06. The zero-order chi connectivity index (χ0) is 55.7. The van der Waals surface area contributed by atoms with E-state index in [9.17, 15) is 19.0 Å². The Morgan fingerprint density at radius 3 is 1.25 bits per heavy atom. The van der Waals surface area contributed by atoms with Crippen LogP contribution < -0.4 is 5.32 Å². The SMILES string of the molecule is CCCCC/C=C\C/C=C\C/C=C\CCCCCCCCCCCCCCC(=O)NC(COP(=O)(O)OCC[N+](C)(C)C)C(/C=C\CCCCCCCCCCCC)OC(=O)CCCCC/C=C\CCCCCCCC. The molecule has 0 saturated heterocycles. The van der Waals surface area contributed by atoms with E-state index < -0.39 is 20.0 Å². The Kier molecular flexibility index (Phi) is 54.3. The minimum atomic E-state index is -4.45. The molecule has 0 rings (SSSR count). The highest BCUT2D eigenvalue weighted by Gasteiger charge is 2.30. The molecule has 0 fully saturated rings. The van der Waals surface area contributed by atoms with E-state index in [1.165, 1.54) is 180 Å². The first-order valence-electron chi connectivity index (χ1n) is 32.1. The van der Waals surface area contributed by atoms with Crippen molar-refractivity contribution in [2.45, 2.75) is 309 Å². The summed E-state index contributed by atoms with van der Waals surface area (Å²) in [4.78, 5) is 37.7. The molecule has 0 saturated carbocycles. The van der Waals surface area contributed by atoms with Gasteiger partial charge in [0.25, 0.3) is 0 Å². The van der Waals surface area contributed by atoms with Gasteiger partial charge >= 0.3 is 13.8 Å². The van der Waals surface area contributed by atoms with Gasteiger partial charge < -0.3 is 19.4 Å². The second-order valence-corrected chi connectivity index (χ2v) is 24.4. The number of carbonyl (C=O) groups is 2. The maximum absolute atomic E-state index is 13.6. The van der Waals surface area contributed by atoms with Crippen molar-refractivity contribution >= 4 is 19.7 Å². The van der Waals surface area contributed by atoms with Crippen LogP contribution in [-0.4, -0.2) is 74.3 Å². The molecule has 0 spiro atoms. The summed E-state index contributed by atoms with van der Waals surface area (Å²) in [6.07, 6.45) is 70.8. The first kappa shape index (κ1) is 73.7. The number of phosphoric ester groups is 1. The number of amides is 1. The fourth-order valence-corrected chi connectivity index (χ4v) is 9.91. The van der Waals surface area contributed by atoms with Crippen LogP contribution in [-0.2, 0) is 27.9 Å². The summed E-state index contributed by atoms with van der Waals surface area (Å²) in [5.74, 6) is -0.520. The molecule has 10 heteroatoms. The molecule has 0 aliphatic heterocycles. The van der Waals surface area contributed by atoms with E-state index in [0.29, 0.717) is 23.9 Å². The Hall–Kier alpha value is -2.29. The highest BCUT2D eigenvalue weighted by molar-refractivity contribution is 7.47. The van der Waals surface area contributed by atoms with Gasteiger partial charge in [-0.25, -0.2) is 4.57 Å². The molecule has 444 valence electrons. The third kappa shape index (κ3) is 56.4. The lowest BCUT2D eigenvalue weighted by Crippen LogP contribution is -2.47. The molecule has 0 aromatic carbocycles. The van der Waals surface area contributed by atoms with Crippen LogP contribution in [0, 0.1) is 0 Å². The third-order valence-corrected chi connectivity index (χ3v) is 15.2. The van der Waals surface area contributed by atoms with Crippen LogP contribution in [0.1, 0.15) is 297 Å². The molecule has 0 aromatic heterocycles. The molecule has 3 atom stereocenters. The second-order valence-electron chi connectivity index (χ2n) is 22.9. The van der Waals surface area contributed by atoms with Crippen molar-refractivity contribution in [1.82, 2.24) is 5.32 Å². The van der Waals surface area contributed by atoms with Gasteiger partial charge in [0, 0.05) is 12.8 Å². The predicted molar refractivity (Wildman–Crippen MR) is 328 cm³/mol. The second kappa shape index (κ2) is 56.0. The normalized spacial score (nSPS) is 14.0. The van der Waals surface area contributed by atoms with Crippen LogP contribution in [0.15, 0.2) is 60.8 Å². The molecule has 9 nitrogen and oxygen atoms in total. The number of carbonyl (C=O) groups excluding carboxylic acids is 2. The van der Waals surface area contributed by atoms with Gasteiger partial charge in [-0.1, -0.05) is 249 Å². The highest BCUT2D eigenvalue weighted by Crippen LogP contribution is 2.43. The monoisotopic (exact) mass is 1090 g/mol. The number of esters is 1. The van der Waals surface area contributed by atoms with Crippen LogP contribution in [0.3, 0.4) is 0 Å². The molecule has 0 radical (unpaired) electrons. The minimum absolute atomic E-state index is 0.0373. The van der Waals surface area contributed by atoms with E-state index >= 15 is 0 Å². The van der Waals surface area contributed by atoms with Crippen molar-refractivity contribution in [3.05, 3.63) is 60.8 Å². The van der Waals surface area contributed by atoms with Crippen LogP contribution in [0.2, 0.25) is 0 Å². The molecule has 0 aromatic rings. The van der Waals surface area contributed by atoms with Crippen LogP contribution >= 0.6 is 7.82 Å². The topological polar surface area (TPSA) is 111 Å². The smallest absolute Gasteiger partial charge is 0.456 e. The number of nitrogens with zero attached hydrogens (tertiary/aromatic N) is 1. The molecule has 3 unspecified atom stereocenters. The molecular formula is C66H124N2O7P+. The molecule has 0 bridgehead atoms. The molecular weight excluding hydrogens is 964 g/mol. The van der Waals surface area contributed by atoms with Gasteiger partial charge in [-0.3, -0.25) is 18.6 Å².